The minimum atomic E-state index is -1.40. The van der Waals surface area contributed by atoms with E-state index in [1.54, 1.807) is 97.1 Å². The van der Waals surface area contributed by atoms with Crippen LogP contribution in [0.15, 0.2) is 104 Å². The Kier molecular flexibility index (Phi) is 9.02. The maximum absolute atomic E-state index is 13.1. The highest BCUT2D eigenvalue weighted by Crippen LogP contribution is 2.32. The van der Waals surface area contributed by atoms with Gasteiger partial charge in [0.25, 0.3) is 0 Å². The molecule has 4 rings (SSSR count). The van der Waals surface area contributed by atoms with E-state index >= 15 is 0 Å². The molecule has 0 amide bonds. The lowest BCUT2D eigenvalue weighted by Crippen LogP contribution is -2.61. The van der Waals surface area contributed by atoms with Gasteiger partial charge in [-0.05, 0) is 42.8 Å². The number of carbonyl (C=O) groups excluding carboxylic acids is 3. The van der Waals surface area contributed by atoms with E-state index in [-0.39, 0.29) is 17.5 Å². The Morgan fingerprint density at radius 2 is 1.11 bits per heavy atom. The summed E-state index contributed by atoms with van der Waals surface area (Å²) in [6.07, 6.45) is -3.59. The lowest BCUT2D eigenvalue weighted by atomic mass is 9.95. The molecule has 0 spiro atoms. The van der Waals surface area contributed by atoms with E-state index in [2.05, 4.69) is 6.58 Å². The van der Waals surface area contributed by atoms with Crippen LogP contribution in [-0.4, -0.2) is 55.7 Å². The van der Waals surface area contributed by atoms with Crippen LogP contribution in [0.25, 0.3) is 0 Å². The van der Waals surface area contributed by atoms with E-state index in [0.29, 0.717) is 5.56 Å². The third-order valence-corrected chi connectivity index (χ3v) is 6.00. The average Bonchev–Trinajstić information content (AvgIpc) is 2.96. The fraction of sp³-hybridized carbons (Fsp3) is 0.233. The summed E-state index contributed by atoms with van der Waals surface area (Å²) in [6.45, 7) is 3.76. The van der Waals surface area contributed by atoms with Gasteiger partial charge in [0, 0.05) is 7.11 Å². The van der Waals surface area contributed by atoms with Crippen LogP contribution in [0.4, 0.5) is 0 Å². The van der Waals surface area contributed by atoms with Crippen LogP contribution in [0, 0.1) is 0 Å². The zero-order valence-corrected chi connectivity index (χ0v) is 20.8. The minimum Gasteiger partial charge on any atom is -0.452 e. The number of methoxy groups -OCH3 is 1. The van der Waals surface area contributed by atoms with Crippen LogP contribution in [-0.2, 0) is 23.7 Å². The Hall–Kier alpha value is -4.27. The highest BCUT2D eigenvalue weighted by Gasteiger charge is 2.52. The van der Waals surface area contributed by atoms with Crippen LogP contribution < -0.4 is 0 Å². The number of benzene rings is 3. The number of esters is 3. The van der Waals surface area contributed by atoms with Crippen LogP contribution in [0.2, 0.25) is 0 Å². The molecule has 0 N–H and O–H groups in total. The Morgan fingerprint density at radius 3 is 1.53 bits per heavy atom. The topological polar surface area (TPSA) is 97.4 Å². The Bertz CT molecular complexity index is 1230. The molecular formula is C30H28O8. The molecule has 3 aromatic carbocycles. The van der Waals surface area contributed by atoms with Gasteiger partial charge in [0.1, 0.15) is 6.10 Å². The van der Waals surface area contributed by atoms with Crippen molar-refractivity contribution < 1.29 is 38.1 Å². The lowest BCUT2D eigenvalue weighted by Gasteiger charge is -2.44. The fourth-order valence-electron chi connectivity index (χ4n) is 4.15. The first-order chi connectivity index (χ1) is 18.5. The minimum absolute atomic E-state index is 0.260. The number of hydrogen-bond acceptors (Lipinski definition) is 8. The molecule has 0 saturated carbocycles. The molecule has 38 heavy (non-hydrogen) atoms. The second-order valence-corrected chi connectivity index (χ2v) is 8.51. The zero-order chi connectivity index (χ0) is 26.9. The van der Waals surface area contributed by atoms with Crippen molar-refractivity contribution >= 4 is 17.9 Å². The van der Waals surface area contributed by atoms with Gasteiger partial charge in [0.2, 0.25) is 12.4 Å². The second-order valence-electron chi connectivity index (χ2n) is 8.51. The van der Waals surface area contributed by atoms with E-state index in [4.69, 9.17) is 23.7 Å². The first-order valence-corrected chi connectivity index (χ1v) is 12.1. The first kappa shape index (κ1) is 26.8. The second kappa shape index (κ2) is 12.8. The summed E-state index contributed by atoms with van der Waals surface area (Å²) in [5, 5.41) is 0. The molecule has 196 valence electrons. The summed E-state index contributed by atoms with van der Waals surface area (Å²) in [6, 6.07) is 25.0. The molecule has 1 aliphatic rings. The van der Waals surface area contributed by atoms with E-state index < -0.39 is 48.6 Å². The highest BCUT2D eigenvalue weighted by molar-refractivity contribution is 5.91. The molecule has 0 bridgehead atoms. The molecule has 1 heterocycles. The van der Waals surface area contributed by atoms with Crippen molar-refractivity contribution in [3.05, 3.63) is 120 Å². The van der Waals surface area contributed by atoms with Gasteiger partial charge in [0.15, 0.2) is 6.10 Å². The van der Waals surface area contributed by atoms with Crippen LogP contribution in [0.1, 0.15) is 37.5 Å². The largest absolute Gasteiger partial charge is 0.452 e. The average molecular weight is 517 g/mol. The molecule has 0 radical (unpaired) electrons. The van der Waals surface area contributed by atoms with Gasteiger partial charge in [-0.2, -0.15) is 0 Å². The third-order valence-electron chi connectivity index (χ3n) is 6.00. The van der Waals surface area contributed by atoms with Gasteiger partial charge in [-0.3, -0.25) is 0 Å². The summed E-state index contributed by atoms with van der Waals surface area (Å²) in [5.74, 6) is -2.07. The number of carbonyl (C=O) groups is 3. The van der Waals surface area contributed by atoms with Gasteiger partial charge in [-0.25, -0.2) is 14.4 Å². The van der Waals surface area contributed by atoms with E-state index in [1.165, 1.54) is 7.11 Å². The predicted molar refractivity (Wildman–Crippen MR) is 137 cm³/mol. The van der Waals surface area contributed by atoms with Crippen LogP contribution >= 0.6 is 0 Å². The number of rotatable bonds is 9. The lowest BCUT2D eigenvalue weighted by molar-refractivity contribution is -0.282. The van der Waals surface area contributed by atoms with Gasteiger partial charge >= 0.3 is 17.9 Å². The molecule has 8 heteroatoms. The van der Waals surface area contributed by atoms with Crippen molar-refractivity contribution in [2.75, 3.05) is 7.11 Å². The maximum Gasteiger partial charge on any atom is 0.340 e. The molecule has 1 saturated heterocycles. The highest BCUT2D eigenvalue weighted by atomic mass is 16.7. The van der Waals surface area contributed by atoms with Crippen molar-refractivity contribution in [1.29, 1.82) is 0 Å². The number of hydrogen-bond donors (Lipinski definition) is 0. The standard InChI is InChI=1S/C30H28O8/c1-3-13-23-24(34-2)25(36-27(31)20-14-7-4-8-15-20)26(37-28(32)21-16-9-5-10-17-21)30(35-23)38-29(33)22-18-11-6-12-19-22/h3-12,14-19,23-26,30H,1,13H2,2H3/t23-,24-,25+,26+,30?/m0/s1. The molecule has 8 nitrogen and oxygen atoms in total. The first-order valence-electron chi connectivity index (χ1n) is 12.1. The predicted octanol–water partition coefficient (Wildman–Crippen LogP) is 4.61. The van der Waals surface area contributed by atoms with Crippen molar-refractivity contribution in [3.8, 4) is 0 Å². The van der Waals surface area contributed by atoms with Crippen LogP contribution in [0.3, 0.4) is 0 Å². The Morgan fingerprint density at radius 1 is 0.684 bits per heavy atom. The quantitative estimate of drug-likeness (QED) is 0.231. The van der Waals surface area contributed by atoms with Crippen molar-refractivity contribution in [2.24, 2.45) is 0 Å². The smallest absolute Gasteiger partial charge is 0.340 e. The van der Waals surface area contributed by atoms with Gasteiger partial charge in [-0.15, -0.1) is 6.58 Å². The fourth-order valence-corrected chi connectivity index (χ4v) is 4.15. The summed E-state index contributed by atoms with van der Waals surface area (Å²) in [5.41, 5.74) is 0.826. The normalized spacial score (nSPS) is 22.6. The van der Waals surface area contributed by atoms with Crippen LogP contribution in [0.5, 0.6) is 0 Å². The Balaban J connectivity index is 1.70. The summed E-state index contributed by atoms with van der Waals surface area (Å²) >= 11 is 0. The molecule has 0 aliphatic carbocycles. The van der Waals surface area contributed by atoms with Gasteiger partial charge in [-0.1, -0.05) is 60.7 Å². The molecule has 3 aromatic rings. The molecule has 1 fully saturated rings. The molecule has 0 aromatic heterocycles. The number of ether oxygens (including phenoxy) is 5. The third kappa shape index (κ3) is 6.34. The van der Waals surface area contributed by atoms with E-state index in [9.17, 15) is 14.4 Å². The van der Waals surface area contributed by atoms with Crippen molar-refractivity contribution in [2.45, 2.75) is 37.1 Å². The maximum atomic E-state index is 13.1. The Labute approximate surface area is 220 Å². The van der Waals surface area contributed by atoms with Gasteiger partial charge in [0.05, 0.1) is 22.8 Å². The summed E-state index contributed by atoms with van der Waals surface area (Å²) in [4.78, 5) is 39.2. The van der Waals surface area contributed by atoms with Crippen molar-refractivity contribution in [3.63, 3.8) is 0 Å². The zero-order valence-electron chi connectivity index (χ0n) is 20.8. The summed E-state index contributed by atoms with van der Waals surface area (Å²) in [7, 11) is 1.43. The van der Waals surface area contributed by atoms with Gasteiger partial charge < -0.3 is 23.7 Å². The van der Waals surface area contributed by atoms with E-state index in [1.807, 2.05) is 0 Å². The molecule has 1 unspecified atom stereocenters. The molecule has 1 aliphatic heterocycles. The van der Waals surface area contributed by atoms with E-state index in [0.717, 1.165) is 0 Å². The molecule has 5 atom stereocenters. The summed E-state index contributed by atoms with van der Waals surface area (Å²) < 4.78 is 29.1. The SMILES string of the molecule is C=CC[C@@H]1OC(OC(=O)c2ccccc2)[C@H](OC(=O)c2ccccc2)[C@H](OC(=O)c2ccccc2)[C@H]1OC. The monoisotopic (exact) mass is 516 g/mol. The van der Waals surface area contributed by atoms with Crippen molar-refractivity contribution in [1.82, 2.24) is 0 Å². The molecular weight excluding hydrogens is 488 g/mol.